The first-order valence-corrected chi connectivity index (χ1v) is 9.13. The molecule has 0 aromatic heterocycles. The van der Waals surface area contributed by atoms with E-state index in [1.165, 1.54) is 31.3 Å². The van der Waals surface area contributed by atoms with Crippen LogP contribution in [0.25, 0.3) is 0 Å². The predicted octanol–water partition coefficient (Wildman–Crippen LogP) is 4.98. The van der Waals surface area contributed by atoms with E-state index in [9.17, 15) is 4.79 Å². The van der Waals surface area contributed by atoms with Crippen molar-refractivity contribution in [2.45, 2.75) is 66.7 Å². The van der Waals surface area contributed by atoms with Gasteiger partial charge in [0.25, 0.3) is 0 Å². The van der Waals surface area contributed by atoms with Gasteiger partial charge in [-0.1, -0.05) is 39.3 Å². The highest BCUT2D eigenvalue weighted by molar-refractivity contribution is 5.69. The van der Waals surface area contributed by atoms with Crippen molar-refractivity contribution in [3.63, 3.8) is 0 Å². The molecule has 0 aromatic carbocycles. The largest absolute Gasteiger partial charge is 0.465 e. The fourth-order valence-corrected chi connectivity index (χ4v) is 6.02. The van der Waals surface area contributed by atoms with Gasteiger partial charge in [-0.3, -0.25) is 4.79 Å². The summed E-state index contributed by atoms with van der Waals surface area (Å²) >= 11 is 0. The third-order valence-electron chi connectivity index (χ3n) is 7.06. The van der Waals surface area contributed by atoms with Gasteiger partial charge in [-0.25, -0.2) is 0 Å². The number of hydrogen-bond donors (Lipinski definition) is 0. The van der Waals surface area contributed by atoms with Gasteiger partial charge in [-0.05, 0) is 61.7 Å². The normalized spacial score (nSPS) is 43.2. The van der Waals surface area contributed by atoms with Crippen molar-refractivity contribution in [1.82, 2.24) is 0 Å². The Labute approximate surface area is 135 Å². The van der Waals surface area contributed by atoms with Crippen molar-refractivity contribution in [1.29, 1.82) is 0 Å². The molecule has 2 saturated carbocycles. The Hall–Kier alpha value is -0.790. The van der Waals surface area contributed by atoms with Crippen LogP contribution in [0.4, 0.5) is 0 Å². The zero-order valence-electron chi connectivity index (χ0n) is 14.9. The molecule has 0 saturated heterocycles. The highest BCUT2D eigenvalue weighted by Crippen LogP contribution is 2.76. The SMILES string of the molecule is CC1=C[C@@H]2[C@](C)(COC(=O)CC(C)C)[C@H]3CC[C@H](C)[C@@]23CC1. The van der Waals surface area contributed by atoms with E-state index in [1.54, 1.807) is 0 Å². The summed E-state index contributed by atoms with van der Waals surface area (Å²) < 4.78 is 5.72. The third-order valence-corrected chi connectivity index (χ3v) is 7.06. The van der Waals surface area contributed by atoms with Crippen molar-refractivity contribution in [3.05, 3.63) is 11.6 Å². The maximum atomic E-state index is 12.0. The highest BCUT2D eigenvalue weighted by Gasteiger charge is 2.71. The van der Waals surface area contributed by atoms with Crippen molar-refractivity contribution in [2.75, 3.05) is 6.61 Å². The Morgan fingerprint density at radius 1 is 1.41 bits per heavy atom. The number of ether oxygens (including phenoxy) is 1. The fraction of sp³-hybridized carbons (Fsp3) is 0.850. The van der Waals surface area contributed by atoms with E-state index < -0.39 is 0 Å². The van der Waals surface area contributed by atoms with E-state index in [0.29, 0.717) is 30.3 Å². The monoisotopic (exact) mass is 304 g/mol. The molecule has 1 spiro atoms. The van der Waals surface area contributed by atoms with Crippen LogP contribution in [-0.4, -0.2) is 12.6 Å². The van der Waals surface area contributed by atoms with Gasteiger partial charge in [0.2, 0.25) is 0 Å². The Morgan fingerprint density at radius 3 is 2.82 bits per heavy atom. The molecule has 3 aliphatic carbocycles. The average Bonchev–Trinajstić information content (AvgIpc) is 2.73. The molecule has 2 heteroatoms. The van der Waals surface area contributed by atoms with Gasteiger partial charge >= 0.3 is 5.97 Å². The van der Waals surface area contributed by atoms with Gasteiger partial charge in [0, 0.05) is 11.8 Å². The van der Waals surface area contributed by atoms with E-state index in [1.807, 2.05) is 0 Å². The fourth-order valence-electron chi connectivity index (χ4n) is 6.02. The van der Waals surface area contributed by atoms with Crippen molar-refractivity contribution >= 4 is 5.97 Å². The van der Waals surface area contributed by atoms with Gasteiger partial charge in [-0.15, -0.1) is 0 Å². The van der Waals surface area contributed by atoms with E-state index >= 15 is 0 Å². The summed E-state index contributed by atoms with van der Waals surface area (Å²) in [6, 6.07) is 0. The summed E-state index contributed by atoms with van der Waals surface area (Å²) in [5.74, 6) is 2.55. The third kappa shape index (κ3) is 2.17. The minimum Gasteiger partial charge on any atom is -0.465 e. The van der Waals surface area contributed by atoms with Crippen molar-refractivity contribution in [2.24, 2.45) is 34.5 Å². The molecule has 124 valence electrons. The molecule has 0 heterocycles. The highest BCUT2D eigenvalue weighted by atomic mass is 16.5. The number of carbonyl (C=O) groups excluding carboxylic acids is 1. The zero-order valence-corrected chi connectivity index (χ0v) is 14.9. The Balaban J connectivity index is 1.76. The minimum absolute atomic E-state index is 0.0173. The topological polar surface area (TPSA) is 26.3 Å². The van der Waals surface area contributed by atoms with Crippen LogP contribution in [-0.2, 0) is 9.53 Å². The lowest BCUT2D eigenvalue weighted by Crippen LogP contribution is -2.65. The van der Waals surface area contributed by atoms with Crippen LogP contribution in [0, 0.1) is 34.5 Å². The number of allylic oxidation sites excluding steroid dienone is 2. The van der Waals surface area contributed by atoms with Crippen molar-refractivity contribution < 1.29 is 9.53 Å². The molecule has 0 unspecified atom stereocenters. The molecule has 3 aliphatic rings. The molecule has 0 N–H and O–H groups in total. The molecular formula is C20H32O2. The van der Waals surface area contributed by atoms with Gasteiger partial charge in [0.05, 0.1) is 6.61 Å². The number of hydrogen-bond acceptors (Lipinski definition) is 2. The quantitative estimate of drug-likeness (QED) is 0.540. The van der Waals surface area contributed by atoms with Crippen LogP contribution in [0.3, 0.4) is 0 Å². The first kappa shape index (κ1) is 16.1. The Bertz CT molecular complexity index is 492. The summed E-state index contributed by atoms with van der Waals surface area (Å²) in [4.78, 5) is 12.0. The van der Waals surface area contributed by atoms with Crippen LogP contribution >= 0.6 is 0 Å². The van der Waals surface area contributed by atoms with E-state index in [-0.39, 0.29) is 11.4 Å². The summed E-state index contributed by atoms with van der Waals surface area (Å²) in [5, 5.41) is 0. The lowest BCUT2D eigenvalue weighted by molar-refractivity contribution is -0.206. The molecule has 0 radical (unpaired) electrons. The second-order valence-electron chi connectivity index (χ2n) is 8.90. The smallest absolute Gasteiger partial charge is 0.306 e. The number of rotatable bonds is 4. The maximum Gasteiger partial charge on any atom is 0.306 e. The van der Waals surface area contributed by atoms with Gasteiger partial charge in [-0.2, -0.15) is 0 Å². The molecule has 0 aromatic rings. The van der Waals surface area contributed by atoms with E-state index in [0.717, 1.165) is 11.8 Å². The summed E-state index contributed by atoms with van der Waals surface area (Å²) in [6.07, 6.45) is 8.36. The molecule has 2 nitrogen and oxygen atoms in total. The predicted molar refractivity (Wildman–Crippen MR) is 89.3 cm³/mol. The van der Waals surface area contributed by atoms with E-state index in [2.05, 4.69) is 40.7 Å². The van der Waals surface area contributed by atoms with Crippen LogP contribution < -0.4 is 0 Å². The second kappa shape index (κ2) is 5.39. The van der Waals surface area contributed by atoms with E-state index in [4.69, 9.17) is 4.74 Å². The summed E-state index contributed by atoms with van der Waals surface area (Å²) in [5.41, 5.74) is 2.21. The van der Waals surface area contributed by atoms with Crippen LogP contribution in [0.5, 0.6) is 0 Å². The standard InChI is InChI=1S/C20H32O2/c1-13(2)10-18(21)22-12-19(5)16-7-6-15(4)20(16)9-8-14(3)11-17(19)20/h11,13,15-17H,6-10,12H2,1-5H3/t15-,16+,17+,19+,20+/m0/s1. The molecule has 22 heavy (non-hydrogen) atoms. The average molecular weight is 304 g/mol. The molecule has 0 amide bonds. The van der Waals surface area contributed by atoms with Gasteiger partial charge in [0.15, 0.2) is 0 Å². The molecule has 5 atom stereocenters. The summed E-state index contributed by atoms with van der Waals surface area (Å²) in [7, 11) is 0. The zero-order chi connectivity index (χ0) is 16.1. The molecule has 0 aliphatic heterocycles. The lowest BCUT2D eigenvalue weighted by Gasteiger charge is -2.68. The Kier molecular flexibility index (Phi) is 3.94. The maximum absolute atomic E-state index is 12.0. The second-order valence-corrected chi connectivity index (χ2v) is 8.90. The molecular weight excluding hydrogens is 272 g/mol. The molecule has 0 bridgehead atoms. The Morgan fingerprint density at radius 2 is 2.14 bits per heavy atom. The molecule has 2 fully saturated rings. The van der Waals surface area contributed by atoms with Crippen LogP contribution in [0.15, 0.2) is 11.6 Å². The van der Waals surface area contributed by atoms with Crippen LogP contribution in [0.2, 0.25) is 0 Å². The summed E-state index contributed by atoms with van der Waals surface area (Å²) in [6.45, 7) is 11.9. The van der Waals surface area contributed by atoms with Gasteiger partial charge < -0.3 is 4.74 Å². The van der Waals surface area contributed by atoms with Gasteiger partial charge in [0.1, 0.15) is 0 Å². The molecule has 3 rings (SSSR count). The minimum atomic E-state index is -0.0173. The number of carbonyl (C=O) groups is 1. The lowest BCUT2D eigenvalue weighted by atomic mass is 9.36. The first-order valence-electron chi connectivity index (χ1n) is 9.13. The number of esters is 1. The van der Waals surface area contributed by atoms with Crippen molar-refractivity contribution in [3.8, 4) is 0 Å². The van der Waals surface area contributed by atoms with Crippen LogP contribution in [0.1, 0.15) is 66.7 Å². The first-order chi connectivity index (χ1) is 10.3.